The Hall–Kier alpha value is -6.37. The average molecular weight is 897 g/mol. The molecule has 3 aromatic heterocycles. The van der Waals surface area contributed by atoms with Crippen molar-refractivity contribution in [3.8, 4) is 22.7 Å². The largest absolute Gasteiger partial charge is 0.465 e. The Bertz CT molecular complexity index is 2690. The Morgan fingerprint density at radius 2 is 1.46 bits per heavy atom. The van der Waals surface area contributed by atoms with E-state index >= 15 is 0 Å². The number of amides is 1. The maximum atomic E-state index is 13.0. The summed E-state index contributed by atoms with van der Waals surface area (Å²) < 4.78 is 14.3. The molecule has 5 aromatic carbocycles. The molecule has 0 bridgehead atoms. The molecule has 0 radical (unpaired) electrons. The lowest BCUT2D eigenvalue weighted by molar-refractivity contribution is -0.143. The van der Waals surface area contributed by atoms with Gasteiger partial charge >= 0.3 is 5.97 Å². The Kier molecular flexibility index (Phi) is 12.5. The summed E-state index contributed by atoms with van der Waals surface area (Å²) in [6, 6.07) is 44.6. The van der Waals surface area contributed by atoms with Crippen molar-refractivity contribution in [3.63, 3.8) is 0 Å². The molecule has 0 aliphatic carbocycles. The van der Waals surface area contributed by atoms with E-state index in [9.17, 15) is 9.59 Å². The number of unbranched alkanes of at least 4 members (excludes halogenated alkanes) is 1. The molecule has 0 saturated carbocycles. The van der Waals surface area contributed by atoms with E-state index in [1.807, 2.05) is 95.6 Å². The smallest absolute Gasteiger partial charge is 0.325 e. The van der Waals surface area contributed by atoms with Crippen LogP contribution in [-0.4, -0.2) is 54.8 Å². The highest BCUT2D eigenvalue weighted by molar-refractivity contribution is 9.10. The van der Waals surface area contributed by atoms with Gasteiger partial charge in [0.2, 0.25) is 11.7 Å². The number of hydrogen-bond donors (Lipinski definition) is 1. The number of benzene rings is 5. The average Bonchev–Trinajstić information content (AvgIpc) is 3.99. The molecule has 0 aliphatic heterocycles. The number of fused-ring (bicyclic) bond motifs is 1. The van der Waals surface area contributed by atoms with Crippen LogP contribution in [0, 0.1) is 0 Å². The fraction of sp³-hybridized carbons (Fsp3) is 0.208. The molecule has 3 heterocycles. The summed E-state index contributed by atoms with van der Waals surface area (Å²) in [6.07, 6.45) is 2.53. The van der Waals surface area contributed by atoms with E-state index in [4.69, 9.17) is 36.2 Å². The third-order valence-corrected chi connectivity index (χ3v) is 11.7. The molecule has 13 heteroatoms. The number of furan rings is 1. The van der Waals surface area contributed by atoms with Gasteiger partial charge in [-0.15, -0.1) is 15.0 Å². The molecule has 61 heavy (non-hydrogen) atoms. The lowest BCUT2D eigenvalue weighted by Crippen LogP contribution is -2.39. The number of rotatable bonds is 16. The van der Waals surface area contributed by atoms with E-state index in [0.717, 1.165) is 61.9 Å². The van der Waals surface area contributed by atoms with E-state index < -0.39 is 11.5 Å². The molecular weight excluding hydrogens is 854 g/mol. The van der Waals surface area contributed by atoms with Gasteiger partial charge in [-0.1, -0.05) is 146 Å². The fourth-order valence-electron chi connectivity index (χ4n) is 7.78. The number of carbonyl (C=O) groups is 2. The summed E-state index contributed by atoms with van der Waals surface area (Å²) >= 11 is 10.6. The fourth-order valence-corrected chi connectivity index (χ4v) is 8.65. The number of carbonyl (C=O) groups excluding carboxylic acids is 2. The number of aromatic nitrogens is 6. The SMILES string of the molecule is CCCCc1nc(Cl)c(CC(=O)NCC(=O)OCC)n1Cc1ccc2oc(-c3ccccc3-c3nnn(C(c4ccccc4)(c4ccccc4)c4ccccc4)n3)c(Br)c2c1. The van der Waals surface area contributed by atoms with Crippen molar-refractivity contribution >= 4 is 50.4 Å². The first-order valence-electron chi connectivity index (χ1n) is 20.3. The first-order valence-corrected chi connectivity index (χ1v) is 21.4. The van der Waals surface area contributed by atoms with Gasteiger partial charge in [-0.05, 0) is 68.9 Å². The van der Waals surface area contributed by atoms with Crippen LogP contribution in [0.4, 0.5) is 0 Å². The molecular formula is C48H43BrClN7O4. The summed E-state index contributed by atoms with van der Waals surface area (Å²) in [6.45, 7) is 4.26. The maximum absolute atomic E-state index is 13.0. The topological polar surface area (TPSA) is 130 Å². The van der Waals surface area contributed by atoms with Crippen LogP contribution in [0.25, 0.3) is 33.7 Å². The number of nitrogens with one attached hydrogen (secondary N) is 1. The highest BCUT2D eigenvalue weighted by atomic mass is 79.9. The lowest BCUT2D eigenvalue weighted by atomic mass is 9.77. The van der Waals surface area contributed by atoms with E-state index in [1.165, 1.54) is 0 Å². The monoisotopic (exact) mass is 895 g/mol. The van der Waals surface area contributed by atoms with Crippen molar-refractivity contribution in [2.24, 2.45) is 0 Å². The second-order valence-corrected chi connectivity index (χ2v) is 15.7. The van der Waals surface area contributed by atoms with E-state index in [1.54, 1.807) is 11.7 Å². The number of imidazole rings is 1. The van der Waals surface area contributed by atoms with Crippen molar-refractivity contribution < 1.29 is 18.7 Å². The number of ether oxygens (including phenoxy) is 1. The highest BCUT2D eigenvalue weighted by Crippen LogP contribution is 2.43. The number of halogens is 2. The number of nitrogens with zero attached hydrogens (tertiary/aromatic N) is 6. The van der Waals surface area contributed by atoms with Crippen molar-refractivity contribution in [2.45, 2.75) is 51.6 Å². The maximum Gasteiger partial charge on any atom is 0.325 e. The number of tetrazole rings is 1. The molecule has 11 nitrogen and oxygen atoms in total. The van der Waals surface area contributed by atoms with Crippen molar-refractivity contribution in [1.29, 1.82) is 0 Å². The summed E-state index contributed by atoms with van der Waals surface area (Å²) in [4.78, 5) is 31.3. The van der Waals surface area contributed by atoms with Crippen LogP contribution >= 0.6 is 27.5 Å². The molecule has 0 atom stereocenters. The first-order chi connectivity index (χ1) is 29.8. The van der Waals surface area contributed by atoms with Gasteiger partial charge in [0.15, 0.2) is 10.7 Å². The minimum absolute atomic E-state index is 0.0439. The zero-order valence-corrected chi connectivity index (χ0v) is 36.1. The van der Waals surface area contributed by atoms with Gasteiger partial charge in [0.05, 0.1) is 23.2 Å². The van der Waals surface area contributed by atoms with Gasteiger partial charge in [-0.25, -0.2) is 4.98 Å². The Morgan fingerprint density at radius 1 is 0.836 bits per heavy atom. The zero-order valence-electron chi connectivity index (χ0n) is 33.7. The molecule has 0 spiro atoms. The van der Waals surface area contributed by atoms with Crippen LogP contribution in [0.1, 0.15) is 60.5 Å². The Balaban J connectivity index is 1.15. The van der Waals surface area contributed by atoms with E-state index in [2.05, 4.69) is 75.6 Å². The summed E-state index contributed by atoms with van der Waals surface area (Å²) in [5.74, 6) is 0.991. The molecule has 0 unspecified atom stereocenters. The molecule has 8 rings (SSSR count). The number of esters is 1. The van der Waals surface area contributed by atoms with Crippen LogP contribution in [0.5, 0.6) is 0 Å². The van der Waals surface area contributed by atoms with Crippen LogP contribution < -0.4 is 5.32 Å². The second-order valence-electron chi connectivity index (χ2n) is 14.5. The molecule has 8 aromatic rings. The lowest BCUT2D eigenvalue weighted by Gasteiger charge is -2.34. The first kappa shape index (κ1) is 41.4. The summed E-state index contributed by atoms with van der Waals surface area (Å²) in [5.41, 5.74) is 5.78. The van der Waals surface area contributed by atoms with Crippen molar-refractivity contribution in [2.75, 3.05) is 13.2 Å². The standard InChI is InChI=1S/C48H43BrClN7O4/c1-3-5-25-41-52-46(50)39(29-42(58)51-30-43(59)60-4-2)56(41)31-32-26-27-40-38(28-32)44(49)45(61-40)36-23-15-16-24-37(36)47-53-55-57(54-47)48(33-17-9-6-10-18-33,34-19-11-7-12-20-34)35-21-13-8-14-22-35/h6-24,26-28H,3-5,25,29-31H2,1-2H3,(H,51,58). The third kappa shape index (κ3) is 8.38. The molecule has 1 amide bonds. The highest BCUT2D eigenvalue weighted by Gasteiger charge is 2.41. The quantitative estimate of drug-likeness (QED) is 0.0750. The summed E-state index contributed by atoms with van der Waals surface area (Å²) in [5, 5.41) is 18.4. The molecule has 0 fully saturated rings. The van der Waals surface area contributed by atoms with Crippen LogP contribution in [0.2, 0.25) is 5.15 Å². The number of hydrogen-bond acceptors (Lipinski definition) is 8. The van der Waals surface area contributed by atoms with Gasteiger partial charge in [0.25, 0.3) is 0 Å². The van der Waals surface area contributed by atoms with Crippen molar-refractivity contribution in [1.82, 2.24) is 35.1 Å². The van der Waals surface area contributed by atoms with E-state index in [0.29, 0.717) is 35.8 Å². The zero-order chi connectivity index (χ0) is 42.3. The Labute approximate surface area is 366 Å². The van der Waals surface area contributed by atoms with Gasteiger partial charge in [0.1, 0.15) is 23.7 Å². The molecule has 1 N–H and O–H groups in total. The predicted octanol–water partition coefficient (Wildman–Crippen LogP) is 9.82. The van der Waals surface area contributed by atoms with Gasteiger partial charge < -0.3 is 19.0 Å². The van der Waals surface area contributed by atoms with Crippen LogP contribution in [0.3, 0.4) is 0 Å². The number of aryl methyl sites for hydroxylation is 1. The minimum atomic E-state index is -0.928. The van der Waals surface area contributed by atoms with Gasteiger partial charge in [-0.2, -0.15) is 0 Å². The summed E-state index contributed by atoms with van der Waals surface area (Å²) in [7, 11) is 0. The van der Waals surface area contributed by atoms with E-state index in [-0.39, 0.29) is 30.6 Å². The predicted molar refractivity (Wildman–Crippen MR) is 239 cm³/mol. The Morgan fingerprint density at radius 3 is 2.08 bits per heavy atom. The van der Waals surface area contributed by atoms with Gasteiger partial charge in [0, 0.05) is 29.5 Å². The van der Waals surface area contributed by atoms with Gasteiger partial charge in [-0.3, -0.25) is 9.59 Å². The molecule has 0 saturated heterocycles. The molecule has 308 valence electrons. The normalized spacial score (nSPS) is 11.5. The van der Waals surface area contributed by atoms with Crippen molar-refractivity contribution in [3.05, 3.63) is 177 Å². The molecule has 0 aliphatic rings. The van der Waals surface area contributed by atoms with Crippen LogP contribution in [-0.2, 0) is 39.3 Å². The second kappa shape index (κ2) is 18.5. The van der Waals surface area contributed by atoms with Crippen LogP contribution in [0.15, 0.2) is 142 Å². The third-order valence-electron chi connectivity index (χ3n) is 10.7. The minimum Gasteiger partial charge on any atom is -0.465 e.